The second-order valence-corrected chi connectivity index (χ2v) is 2.81. The number of benzene rings is 1. The third-order valence-electron chi connectivity index (χ3n) is 1.80. The maximum Gasteiger partial charge on any atom is 0.251 e. The molecule has 1 aromatic rings. The summed E-state index contributed by atoms with van der Waals surface area (Å²) < 4.78 is 0. The number of carbonyl (C=O) groups excluding carboxylic acids is 1. The zero-order chi connectivity index (χ0) is 9.68. The van der Waals surface area contributed by atoms with Crippen LogP contribution in [0.2, 0.25) is 0 Å². The van der Waals surface area contributed by atoms with Crippen molar-refractivity contribution in [3.05, 3.63) is 48.0 Å². The normalized spacial score (nSPS) is 9.31. The van der Waals surface area contributed by atoms with Crippen LogP contribution in [0.25, 0.3) is 0 Å². The van der Waals surface area contributed by atoms with Crippen LogP contribution in [0.4, 0.5) is 0 Å². The first-order valence-electron chi connectivity index (χ1n) is 4.20. The summed E-state index contributed by atoms with van der Waals surface area (Å²) in [5.74, 6) is -0.0435. The van der Waals surface area contributed by atoms with Gasteiger partial charge in [-0.1, -0.05) is 24.3 Å². The maximum atomic E-state index is 11.5. The van der Waals surface area contributed by atoms with Crippen LogP contribution in [-0.2, 0) is 0 Å². The monoisotopic (exact) mass is 175 g/mol. The van der Waals surface area contributed by atoms with Crippen molar-refractivity contribution < 1.29 is 4.79 Å². The SMILES string of the molecule is C=CCNC(=O)c1ccccc1C. The molecule has 0 aliphatic carbocycles. The van der Waals surface area contributed by atoms with Crippen molar-refractivity contribution in [2.24, 2.45) is 0 Å². The summed E-state index contributed by atoms with van der Waals surface area (Å²) in [6, 6.07) is 7.51. The van der Waals surface area contributed by atoms with Crippen LogP contribution in [0.3, 0.4) is 0 Å². The highest BCUT2D eigenvalue weighted by Crippen LogP contribution is 2.05. The molecular weight excluding hydrogens is 162 g/mol. The number of carbonyl (C=O) groups is 1. The molecule has 0 aromatic heterocycles. The van der Waals surface area contributed by atoms with E-state index < -0.39 is 0 Å². The van der Waals surface area contributed by atoms with Gasteiger partial charge in [0.05, 0.1) is 0 Å². The van der Waals surface area contributed by atoms with Gasteiger partial charge in [-0.25, -0.2) is 0 Å². The molecule has 1 N–H and O–H groups in total. The zero-order valence-electron chi connectivity index (χ0n) is 7.71. The Labute approximate surface area is 78.3 Å². The van der Waals surface area contributed by atoms with Crippen molar-refractivity contribution in [3.8, 4) is 0 Å². The van der Waals surface area contributed by atoms with Crippen molar-refractivity contribution in [1.29, 1.82) is 0 Å². The first-order valence-corrected chi connectivity index (χ1v) is 4.20. The largest absolute Gasteiger partial charge is 0.349 e. The lowest BCUT2D eigenvalue weighted by Crippen LogP contribution is -2.23. The molecule has 1 aromatic carbocycles. The molecule has 0 aliphatic heterocycles. The Morgan fingerprint density at radius 3 is 2.85 bits per heavy atom. The molecule has 2 nitrogen and oxygen atoms in total. The molecule has 68 valence electrons. The van der Waals surface area contributed by atoms with Crippen LogP contribution in [0.15, 0.2) is 36.9 Å². The number of rotatable bonds is 3. The van der Waals surface area contributed by atoms with Crippen LogP contribution in [0.5, 0.6) is 0 Å². The maximum absolute atomic E-state index is 11.5. The smallest absolute Gasteiger partial charge is 0.251 e. The molecule has 1 amide bonds. The van der Waals surface area contributed by atoms with Gasteiger partial charge in [-0.2, -0.15) is 0 Å². The zero-order valence-corrected chi connectivity index (χ0v) is 7.71. The second kappa shape index (κ2) is 4.45. The van der Waals surface area contributed by atoms with E-state index >= 15 is 0 Å². The summed E-state index contributed by atoms with van der Waals surface area (Å²) >= 11 is 0. The number of aryl methyl sites for hydroxylation is 1. The highest BCUT2D eigenvalue weighted by molar-refractivity contribution is 5.95. The molecule has 0 atom stereocenters. The predicted molar refractivity (Wildman–Crippen MR) is 53.7 cm³/mol. The van der Waals surface area contributed by atoms with Crippen LogP contribution < -0.4 is 5.32 Å². The lowest BCUT2D eigenvalue weighted by Gasteiger charge is -2.04. The van der Waals surface area contributed by atoms with E-state index in [1.165, 1.54) is 0 Å². The average Bonchev–Trinajstić information content (AvgIpc) is 2.15. The van der Waals surface area contributed by atoms with Gasteiger partial charge < -0.3 is 5.32 Å². The van der Waals surface area contributed by atoms with Crippen molar-refractivity contribution in [2.45, 2.75) is 6.92 Å². The van der Waals surface area contributed by atoms with Gasteiger partial charge in [-0.15, -0.1) is 6.58 Å². The summed E-state index contributed by atoms with van der Waals surface area (Å²) in [5, 5.41) is 2.73. The van der Waals surface area contributed by atoms with Crippen LogP contribution in [0.1, 0.15) is 15.9 Å². The third kappa shape index (κ3) is 2.44. The van der Waals surface area contributed by atoms with Crippen LogP contribution in [0, 0.1) is 6.92 Å². The van der Waals surface area contributed by atoms with Gasteiger partial charge in [0.25, 0.3) is 5.91 Å². The molecule has 0 saturated carbocycles. The summed E-state index contributed by atoms with van der Waals surface area (Å²) in [6.45, 7) is 5.96. The van der Waals surface area contributed by atoms with E-state index in [1.807, 2.05) is 31.2 Å². The average molecular weight is 175 g/mol. The van der Waals surface area contributed by atoms with Gasteiger partial charge in [0, 0.05) is 12.1 Å². The molecule has 0 fully saturated rings. The van der Waals surface area contributed by atoms with E-state index in [0.29, 0.717) is 6.54 Å². The molecule has 0 aliphatic rings. The minimum absolute atomic E-state index is 0.0435. The minimum Gasteiger partial charge on any atom is -0.349 e. The van der Waals surface area contributed by atoms with Crippen molar-refractivity contribution in [1.82, 2.24) is 5.32 Å². The molecular formula is C11H13NO. The first-order chi connectivity index (χ1) is 6.25. The topological polar surface area (TPSA) is 29.1 Å². The van der Waals surface area contributed by atoms with Gasteiger partial charge in [-0.05, 0) is 18.6 Å². The molecule has 0 heterocycles. The summed E-state index contributed by atoms with van der Waals surface area (Å²) in [7, 11) is 0. The molecule has 0 radical (unpaired) electrons. The number of hydrogen-bond donors (Lipinski definition) is 1. The lowest BCUT2D eigenvalue weighted by molar-refractivity contribution is 0.0957. The van der Waals surface area contributed by atoms with E-state index in [2.05, 4.69) is 11.9 Å². The Kier molecular flexibility index (Phi) is 3.26. The summed E-state index contributed by atoms with van der Waals surface area (Å²) in [5.41, 5.74) is 1.72. The van der Waals surface area contributed by atoms with E-state index in [4.69, 9.17) is 0 Å². The van der Waals surface area contributed by atoms with Gasteiger partial charge in [0.1, 0.15) is 0 Å². The van der Waals surface area contributed by atoms with E-state index in [9.17, 15) is 4.79 Å². The second-order valence-electron chi connectivity index (χ2n) is 2.81. The minimum atomic E-state index is -0.0435. The van der Waals surface area contributed by atoms with E-state index in [0.717, 1.165) is 11.1 Å². The lowest BCUT2D eigenvalue weighted by atomic mass is 10.1. The quantitative estimate of drug-likeness (QED) is 0.698. The number of nitrogens with one attached hydrogen (secondary N) is 1. The highest BCUT2D eigenvalue weighted by atomic mass is 16.1. The number of amides is 1. The van der Waals surface area contributed by atoms with Gasteiger partial charge in [0.15, 0.2) is 0 Å². The van der Waals surface area contributed by atoms with E-state index in [1.54, 1.807) is 6.08 Å². The standard InChI is InChI=1S/C11H13NO/c1-3-8-12-11(13)10-7-5-4-6-9(10)2/h3-7H,1,8H2,2H3,(H,12,13). The fraction of sp³-hybridized carbons (Fsp3) is 0.182. The molecule has 2 heteroatoms. The Balaban J connectivity index is 2.76. The van der Waals surface area contributed by atoms with E-state index in [-0.39, 0.29) is 5.91 Å². The predicted octanol–water partition coefficient (Wildman–Crippen LogP) is 1.91. The highest BCUT2D eigenvalue weighted by Gasteiger charge is 2.05. The van der Waals surface area contributed by atoms with Gasteiger partial charge in [0.2, 0.25) is 0 Å². The molecule has 0 spiro atoms. The molecule has 13 heavy (non-hydrogen) atoms. The molecule has 0 saturated heterocycles. The number of hydrogen-bond acceptors (Lipinski definition) is 1. The van der Waals surface area contributed by atoms with Crippen molar-refractivity contribution >= 4 is 5.91 Å². The summed E-state index contributed by atoms with van der Waals surface area (Å²) in [6.07, 6.45) is 1.66. The third-order valence-corrected chi connectivity index (χ3v) is 1.80. The van der Waals surface area contributed by atoms with Crippen molar-refractivity contribution in [2.75, 3.05) is 6.54 Å². The van der Waals surface area contributed by atoms with Gasteiger partial charge in [-0.3, -0.25) is 4.79 Å². The summed E-state index contributed by atoms with van der Waals surface area (Å²) in [4.78, 5) is 11.5. The first kappa shape index (κ1) is 9.52. The fourth-order valence-corrected chi connectivity index (χ4v) is 1.09. The fourth-order valence-electron chi connectivity index (χ4n) is 1.09. The Morgan fingerprint density at radius 1 is 1.54 bits per heavy atom. The van der Waals surface area contributed by atoms with Crippen molar-refractivity contribution in [3.63, 3.8) is 0 Å². The van der Waals surface area contributed by atoms with Crippen LogP contribution in [-0.4, -0.2) is 12.5 Å². The Morgan fingerprint density at radius 2 is 2.23 bits per heavy atom. The Hall–Kier alpha value is -1.57. The molecule has 1 rings (SSSR count). The molecule has 0 bridgehead atoms. The molecule has 0 unspecified atom stereocenters. The Bertz CT molecular complexity index is 318. The van der Waals surface area contributed by atoms with Gasteiger partial charge >= 0.3 is 0 Å². The van der Waals surface area contributed by atoms with Crippen LogP contribution >= 0.6 is 0 Å².